The van der Waals surface area contributed by atoms with Gasteiger partial charge in [-0.05, 0) is 33.6 Å². The van der Waals surface area contributed by atoms with Crippen molar-refractivity contribution in [1.29, 1.82) is 0 Å². The zero-order chi connectivity index (χ0) is 18.2. The van der Waals surface area contributed by atoms with Gasteiger partial charge in [-0.3, -0.25) is 0 Å². The summed E-state index contributed by atoms with van der Waals surface area (Å²) in [5, 5.41) is -0.366. The van der Waals surface area contributed by atoms with Crippen LogP contribution in [-0.4, -0.2) is 44.4 Å². The molecule has 0 aromatic rings. The number of carbonyl (C=O) groups is 2. The minimum absolute atomic E-state index is 0.103. The Morgan fingerprint density at radius 3 is 2.25 bits per heavy atom. The topological polar surface area (TPSA) is 98.8 Å². The van der Waals surface area contributed by atoms with Crippen LogP contribution in [-0.2, 0) is 29.1 Å². The molecule has 0 spiro atoms. The zero-order valence-corrected chi connectivity index (χ0v) is 15.3. The molecular formula is C16H27NO6S. The summed E-state index contributed by atoms with van der Waals surface area (Å²) in [5.41, 5.74) is 0. The summed E-state index contributed by atoms with van der Waals surface area (Å²) < 4.78 is 36.8. The van der Waals surface area contributed by atoms with Crippen molar-refractivity contribution in [1.82, 2.24) is 4.72 Å². The van der Waals surface area contributed by atoms with E-state index in [1.165, 1.54) is 0 Å². The number of esters is 2. The summed E-state index contributed by atoms with van der Waals surface area (Å²) in [6, 6.07) is -0.531. The van der Waals surface area contributed by atoms with Crippen molar-refractivity contribution in [3.05, 3.63) is 12.2 Å². The third-order valence-electron chi connectivity index (χ3n) is 3.54. The van der Waals surface area contributed by atoms with E-state index < -0.39 is 28.0 Å². The SMILES string of the molecule is CC(COC(=O)C=CC(=O)OC(C)C)NS(=O)(=O)C1CCCCC1. The van der Waals surface area contributed by atoms with Crippen molar-refractivity contribution in [2.75, 3.05) is 6.61 Å². The average molecular weight is 361 g/mol. The lowest BCUT2D eigenvalue weighted by molar-refractivity contribution is -0.143. The Hall–Kier alpha value is -1.41. The van der Waals surface area contributed by atoms with E-state index in [9.17, 15) is 18.0 Å². The van der Waals surface area contributed by atoms with E-state index in [1.807, 2.05) is 0 Å². The Labute approximate surface area is 143 Å². The van der Waals surface area contributed by atoms with E-state index in [0.717, 1.165) is 31.4 Å². The summed E-state index contributed by atoms with van der Waals surface area (Å²) >= 11 is 0. The highest BCUT2D eigenvalue weighted by atomic mass is 32.2. The first kappa shape index (κ1) is 20.6. The first-order valence-corrected chi connectivity index (χ1v) is 9.82. The van der Waals surface area contributed by atoms with E-state index in [0.29, 0.717) is 12.8 Å². The minimum atomic E-state index is -3.40. The van der Waals surface area contributed by atoms with Gasteiger partial charge >= 0.3 is 11.9 Å². The van der Waals surface area contributed by atoms with Crippen molar-refractivity contribution in [3.63, 3.8) is 0 Å². The molecule has 0 aliphatic heterocycles. The highest BCUT2D eigenvalue weighted by Crippen LogP contribution is 2.23. The van der Waals surface area contributed by atoms with E-state index in [1.54, 1.807) is 20.8 Å². The van der Waals surface area contributed by atoms with Gasteiger partial charge in [0.05, 0.1) is 17.4 Å². The smallest absolute Gasteiger partial charge is 0.331 e. The van der Waals surface area contributed by atoms with Crippen LogP contribution >= 0.6 is 0 Å². The van der Waals surface area contributed by atoms with Crippen LogP contribution in [0, 0.1) is 0 Å². The van der Waals surface area contributed by atoms with Crippen LogP contribution in [0.4, 0.5) is 0 Å². The normalized spacial score (nSPS) is 17.8. The molecule has 1 fully saturated rings. The number of ether oxygens (including phenoxy) is 2. The predicted molar refractivity (Wildman–Crippen MR) is 89.7 cm³/mol. The number of nitrogens with one attached hydrogen (secondary N) is 1. The van der Waals surface area contributed by atoms with Crippen LogP contribution in [0.5, 0.6) is 0 Å². The van der Waals surface area contributed by atoms with Crippen LogP contribution in [0.25, 0.3) is 0 Å². The third kappa shape index (κ3) is 7.92. The molecule has 138 valence electrons. The first-order chi connectivity index (χ1) is 11.2. The number of hydrogen-bond acceptors (Lipinski definition) is 6. The third-order valence-corrected chi connectivity index (χ3v) is 5.62. The molecule has 1 aliphatic carbocycles. The Morgan fingerprint density at radius 1 is 1.08 bits per heavy atom. The summed E-state index contributed by atoms with van der Waals surface area (Å²) in [4.78, 5) is 22.8. The highest BCUT2D eigenvalue weighted by molar-refractivity contribution is 7.90. The van der Waals surface area contributed by atoms with Gasteiger partial charge in [0.25, 0.3) is 0 Å². The highest BCUT2D eigenvalue weighted by Gasteiger charge is 2.28. The molecule has 0 amide bonds. The van der Waals surface area contributed by atoms with Gasteiger partial charge in [0.15, 0.2) is 0 Å². The molecule has 0 saturated heterocycles. The fraction of sp³-hybridized carbons (Fsp3) is 0.750. The maximum atomic E-state index is 12.2. The lowest BCUT2D eigenvalue weighted by Gasteiger charge is -2.24. The van der Waals surface area contributed by atoms with Crippen molar-refractivity contribution in [2.45, 2.75) is 70.3 Å². The van der Waals surface area contributed by atoms with Gasteiger partial charge in [-0.15, -0.1) is 0 Å². The van der Waals surface area contributed by atoms with Gasteiger partial charge < -0.3 is 9.47 Å². The quantitative estimate of drug-likeness (QED) is 0.522. The number of hydrogen-bond donors (Lipinski definition) is 1. The van der Waals surface area contributed by atoms with Gasteiger partial charge in [0.1, 0.15) is 6.61 Å². The predicted octanol–water partition coefficient (Wildman–Crippen LogP) is 1.68. The van der Waals surface area contributed by atoms with Crippen LogP contribution < -0.4 is 4.72 Å². The largest absolute Gasteiger partial charge is 0.461 e. The van der Waals surface area contributed by atoms with Gasteiger partial charge in [-0.25, -0.2) is 22.7 Å². The maximum absolute atomic E-state index is 12.2. The second kappa shape index (κ2) is 9.78. The molecule has 1 saturated carbocycles. The molecule has 8 heteroatoms. The van der Waals surface area contributed by atoms with E-state index in [2.05, 4.69) is 4.72 Å². The fourth-order valence-electron chi connectivity index (χ4n) is 2.45. The Morgan fingerprint density at radius 2 is 1.67 bits per heavy atom. The molecule has 0 aromatic heterocycles. The molecule has 1 unspecified atom stereocenters. The maximum Gasteiger partial charge on any atom is 0.331 e. The zero-order valence-electron chi connectivity index (χ0n) is 14.5. The minimum Gasteiger partial charge on any atom is -0.461 e. The first-order valence-electron chi connectivity index (χ1n) is 8.27. The fourth-order valence-corrected chi connectivity index (χ4v) is 4.22. The van der Waals surface area contributed by atoms with Crippen LogP contribution in [0.15, 0.2) is 12.2 Å². The molecule has 0 aromatic carbocycles. The second-order valence-corrected chi connectivity index (χ2v) is 8.27. The van der Waals surface area contributed by atoms with Crippen LogP contribution in [0.1, 0.15) is 52.9 Å². The summed E-state index contributed by atoms with van der Waals surface area (Å²) in [6.07, 6.45) is 5.94. The Bertz CT molecular complexity index is 549. The van der Waals surface area contributed by atoms with Crippen LogP contribution in [0.2, 0.25) is 0 Å². The van der Waals surface area contributed by atoms with E-state index >= 15 is 0 Å². The molecule has 7 nitrogen and oxygen atoms in total. The average Bonchev–Trinajstić information content (AvgIpc) is 2.51. The van der Waals surface area contributed by atoms with Crippen molar-refractivity contribution < 1.29 is 27.5 Å². The lowest BCUT2D eigenvalue weighted by Crippen LogP contribution is -2.42. The molecule has 1 N–H and O–H groups in total. The second-order valence-electron chi connectivity index (χ2n) is 6.27. The number of carbonyl (C=O) groups excluding carboxylic acids is 2. The molecule has 1 rings (SSSR count). The van der Waals surface area contributed by atoms with Gasteiger partial charge in [0, 0.05) is 12.2 Å². The molecule has 0 radical (unpaired) electrons. The summed E-state index contributed by atoms with van der Waals surface area (Å²) in [6.45, 7) is 4.92. The number of sulfonamides is 1. The Kier molecular flexibility index (Phi) is 8.41. The molecular weight excluding hydrogens is 334 g/mol. The number of rotatable bonds is 8. The molecule has 24 heavy (non-hydrogen) atoms. The van der Waals surface area contributed by atoms with E-state index in [4.69, 9.17) is 9.47 Å². The molecule has 0 bridgehead atoms. The summed E-state index contributed by atoms with van der Waals surface area (Å²) in [5.74, 6) is -1.35. The molecule has 1 aliphatic rings. The van der Waals surface area contributed by atoms with Gasteiger partial charge in [0.2, 0.25) is 10.0 Å². The monoisotopic (exact) mass is 361 g/mol. The molecule has 0 heterocycles. The van der Waals surface area contributed by atoms with Gasteiger partial charge in [-0.2, -0.15) is 0 Å². The van der Waals surface area contributed by atoms with Crippen LogP contribution in [0.3, 0.4) is 0 Å². The van der Waals surface area contributed by atoms with Crippen molar-refractivity contribution in [2.24, 2.45) is 0 Å². The molecule has 1 atom stereocenters. The summed E-state index contributed by atoms with van der Waals surface area (Å²) in [7, 11) is -3.40. The van der Waals surface area contributed by atoms with Gasteiger partial charge in [-0.1, -0.05) is 19.3 Å². The lowest BCUT2D eigenvalue weighted by atomic mass is 10.0. The van der Waals surface area contributed by atoms with Crippen molar-refractivity contribution in [3.8, 4) is 0 Å². The van der Waals surface area contributed by atoms with Crippen molar-refractivity contribution >= 4 is 22.0 Å². The van der Waals surface area contributed by atoms with E-state index in [-0.39, 0.29) is 18.0 Å². The Balaban J connectivity index is 2.37. The standard InChI is InChI=1S/C16H27NO6S/c1-12(2)23-16(19)10-9-15(18)22-11-13(3)17-24(20,21)14-7-5-4-6-8-14/h9-10,12-14,17H,4-8,11H2,1-3H3.